The first-order valence-corrected chi connectivity index (χ1v) is 6.63. The van der Waals surface area contributed by atoms with Gasteiger partial charge in [0, 0.05) is 22.8 Å². The van der Waals surface area contributed by atoms with E-state index in [9.17, 15) is 4.79 Å². The molecule has 1 aromatic carbocycles. The first-order valence-electron chi connectivity index (χ1n) is 6.63. The third-order valence-corrected chi connectivity index (χ3v) is 2.96. The van der Waals surface area contributed by atoms with Crippen molar-refractivity contribution < 1.29 is 13.9 Å². The molecule has 0 fully saturated rings. The minimum Gasteiger partial charge on any atom is -0.463 e. The molecule has 2 rings (SSSR count). The summed E-state index contributed by atoms with van der Waals surface area (Å²) in [5, 5.41) is 4.23. The molecule has 0 spiro atoms. The number of furan rings is 1. The summed E-state index contributed by atoms with van der Waals surface area (Å²) >= 11 is 0. The van der Waals surface area contributed by atoms with Gasteiger partial charge in [0.05, 0.1) is 6.61 Å². The Morgan fingerprint density at radius 3 is 2.85 bits per heavy atom. The zero-order valence-electron chi connectivity index (χ0n) is 12.2. The van der Waals surface area contributed by atoms with Gasteiger partial charge in [-0.25, -0.2) is 4.79 Å². The van der Waals surface area contributed by atoms with Gasteiger partial charge in [0.1, 0.15) is 11.3 Å². The van der Waals surface area contributed by atoms with Crippen LogP contribution in [-0.4, -0.2) is 12.6 Å². The number of fused-ring (bicyclic) bond motifs is 1. The van der Waals surface area contributed by atoms with Crippen LogP contribution in [0.3, 0.4) is 0 Å². The Morgan fingerprint density at radius 2 is 2.15 bits per heavy atom. The Bertz CT molecular complexity index is 668. The SMILES string of the molecule is CCOC(=O)/C=C(\C)Nc1ccc(C)c2oc(C)cc12. The number of ether oxygens (including phenoxy) is 1. The molecule has 0 bridgehead atoms. The summed E-state index contributed by atoms with van der Waals surface area (Å²) in [4.78, 5) is 11.4. The van der Waals surface area contributed by atoms with Gasteiger partial charge in [-0.3, -0.25) is 0 Å². The zero-order valence-corrected chi connectivity index (χ0v) is 12.2. The molecule has 4 heteroatoms. The van der Waals surface area contributed by atoms with Crippen molar-refractivity contribution in [2.24, 2.45) is 0 Å². The molecular weight excluding hydrogens is 254 g/mol. The average Bonchev–Trinajstić information content (AvgIpc) is 2.76. The monoisotopic (exact) mass is 273 g/mol. The summed E-state index contributed by atoms with van der Waals surface area (Å²) < 4.78 is 10.6. The van der Waals surface area contributed by atoms with Crippen molar-refractivity contribution in [3.8, 4) is 0 Å². The van der Waals surface area contributed by atoms with E-state index in [1.54, 1.807) is 6.92 Å². The maximum absolute atomic E-state index is 11.4. The third kappa shape index (κ3) is 3.02. The molecule has 0 atom stereocenters. The van der Waals surface area contributed by atoms with E-state index in [-0.39, 0.29) is 5.97 Å². The Hall–Kier alpha value is -2.23. The molecule has 0 aliphatic rings. The molecule has 0 saturated heterocycles. The van der Waals surface area contributed by atoms with Crippen LogP contribution in [0.5, 0.6) is 0 Å². The predicted octanol–water partition coefficient (Wildman–Crippen LogP) is 3.93. The molecule has 0 aliphatic carbocycles. The maximum atomic E-state index is 11.4. The molecule has 4 nitrogen and oxygen atoms in total. The van der Waals surface area contributed by atoms with Crippen LogP contribution in [0, 0.1) is 13.8 Å². The first kappa shape index (κ1) is 14.2. The largest absolute Gasteiger partial charge is 0.463 e. The Kier molecular flexibility index (Phi) is 4.13. The summed E-state index contributed by atoms with van der Waals surface area (Å²) in [6.45, 7) is 7.92. The lowest BCUT2D eigenvalue weighted by Gasteiger charge is -2.08. The van der Waals surface area contributed by atoms with Crippen LogP contribution in [0.2, 0.25) is 0 Å². The lowest BCUT2D eigenvalue weighted by atomic mass is 10.1. The van der Waals surface area contributed by atoms with E-state index in [4.69, 9.17) is 9.15 Å². The van der Waals surface area contributed by atoms with E-state index in [1.807, 2.05) is 39.0 Å². The van der Waals surface area contributed by atoms with Crippen LogP contribution in [0.25, 0.3) is 11.0 Å². The number of hydrogen-bond donors (Lipinski definition) is 1. The molecule has 106 valence electrons. The zero-order chi connectivity index (χ0) is 14.7. The van der Waals surface area contributed by atoms with Crippen LogP contribution in [-0.2, 0) is 9.53 Å². The van der Waals surface area contributed by atoms with Gasteiger partial charge in [-0.15, -0.1) is 0 Å². The number of carbonyl (C=O) groups is 1. The summed E-state index contributed by atoms with van der Waals surface area (Å²) in [7, 11) is 0. The Morgan fingerprint density at radius 1 is 1.40 bits per heavy atom. The highest BCUT2D eigenvalue weighted by atomic mass is 16.5. The van der Waals surface area contributed by atoms with Crippen molar-refractivity contribution in [3.05, 3.63) is 41.3 Å². The number of esters is 1. The number of hydrogen-bond acceptors (Lipinski definition) is 4. The highest BCUT2D eigenvalue weighted by Gasteiger charge is 2.09. The minimum absolute atomic E-state index is 0.343. The molecule has 1 aromatic heterocycles. The van der Waals surface area contributed by atoms with Gasteiger partial charge in [0.25, 0.3) is 0 Å². The van der Waals surface area contributed by atoms with E-state index in [1.165, 1.54) is 6.08 Å². The summed E-state index contributed by atoms with van der Waals surface area (Å²) in [6.07, 6.45) is 1.45. The van der Waals surface area contributed by atoms with Crippen molar-refractivity contribution in [1.29, 1.82) is 0 Å². The molecular formula is C16H19NO3. The van der Waals surface area contributed by atoms with Gasteiger partial charge < -0.3 is 14.5 Å². The fourth-order valence-electron chi connectivity index (χ4n) is 2.10. The summed E-state index contributed by atoms with van der Waals surface area (Å²) in [5.74, 6) is 0.522. The van der Waals surface area contributed by atoms with Crippen molar-refractivity contribution in [2.75, 3.05) is 11.9 Å². The predicted molar refractivity (Wildman–Crippen MR) is 79.7 cm³/mol. The van der Waals surface area contributed by atoms with Gasteiger partial charge in [0.2, 0.25) is 0 Å². The quantitative estimate of drug-likeness (QED) is 0.677. The topological polar surface area (TPSA) is 51.5 Å². The second-order valence-corrected chi connectivity index (χ2v) is 4.73. The molecule has 0 radical (unpaired) electrons. The van der Waals surface area contributed by atoms with Crippen molar-refractivity contribution in [1.82, 2.24) is 0 Å². The van der Waals surface area contributed by atoms with E-state index < -0.39 is 0 Å². The standard InChI is InChI=1S/C16H19NO3/c1-5-19-15(18)8-11(3)17-14-7-6-10(2)16-13(14)9-12(4)20-16/h6-9,17H,5H2,1-4H3/b11-8+. The van der Waals surface area contributed by atoms with Gasteiger partial charge in [0.15, 0.2) is 0 Å². The fourth-order valence-corrected chi connectivity index (χ4v) is 2.10. The summed E-state index contributed by atoms with van der Waals surface area (Å²) in [6, 6.07) is 5.96. The van der Waals surface area contributed by atoms with Crippen LogP contribution < -0.4 is 5.32 Å². The van der Waals surface area contributed by atoms with Crippen molar-refractivity contribution >= 4 is 22.6 Å². The van der Waals surface area contributed by atoms with E-state index in [0.717, 1.165) is 33.7 Å². The third-order valence-electron chi connectivity index (χ3n) is 2.96. The molecule has 0 aliphatic heterocycles. The minimum atomic E-state index is -0.343. The van der Waals surface area contributed by atoms with Crippen molar-refractivity contribution in [2.45, 2.75) is 27.7 Å². The highest BCUT2D eigenvalue weighted by Crippen LogP contribution is 2.30. The second kappa shape index (κ2) is 5.82. The molecule has 1 heterocycles. The number of allylic oxidation sites excluding steroid dienone is 1. The van der Waals surface area contributed by atoms with Crippen LogP contribution in [0.4, 0.5) is 5.69 Å². The van der Waals surface area contributed by atoms with Crippen LogP contribution in [0.1, 0.15) is 25.2 Å². The van der Waals surface area contributed by atoms with E-state index in [0.29, 0.717) is 6.61 Å². The normalized spacial score (nSPS) is 11.7. The lowest BCUT2D eigenvalue weighted by Crippen LogP contribution is -2.04. The fraction of sp³-hybridized carbons (Fsp3) is 0.312. The number of benzene rings is 1. The number of rotatable bonds is 4. The van der Waals surface area contributed by atoms with Gasteiger partial charge >= 0.3 is 5.97 Å². The van der Waals surface area contributed by atoms with E-state index in [2.05, 4.69) is 5.32 Å². The first-order chi connectivity index (χ1) is 9.51. The van der Waals surface area contributed by atoms with E-state index >= 15 is 0 Å². The maximum Gasteiger partial charge on any atom is 0.332 e. The highest BCUT2D eigenvalue weighted by molar-refractivity contribution is 5.94. The van der Waals surface area contributed by atoms with Gasteiger partial charge in [-0.05, 0) is 45.4 Å². The number of nitrogens with one attached hydrogen (secondary N) is 1. The number of anilines is 1. The molecule has 0 saturated carbocycles. The smallest absolute Gasteiger partial charge is 0.332 e. The molecule has 1 N–H and O–H groups in total. The van der Waals surface area contributed by atoms with Crippen molar-refractivity contribution in [3.63, 3.8) is 0 Å². The Balaban J connectivity index is 2.30. The Labute approximate surface area is 118 Å². The average molecular weight is 273 g/mol. The number of aryl methyl sites for hydroxylation is 2. The van der Waals surface area contributed by atoms with Crippen LogP contribution in [0.15, 0.2) is 34.4 Å². The molecule has 0 unspecified atom stereocenters. The second-order valence-electron chi connectivity index (χ2n) is 4.73. The van der Waals surface area contributed by atoms with Gasteiger partial charge in [-0.2, -0.15) is 0 Å². The molecule has 0 amide bonds. The number of carbonyl (C=O) groups excluding carboxylic acids is 1. The van der Waals surface area contributed by atoms with Crippen LogP contribution >= 0.6 is 0 Å². The molecule has 20 heavy (non-hydrogen) atoms. The lowest BCUT2D eigenvalue weighted by molar-refractivity contribution is -0.137. The summed E-state index contributed by atoms with van der Waals surface area (Å²) in [5.41, 5.74) is 3.61. The molecule has 2 aromatic rings. The van der Waals surface area contributed by atoms with Gasteiger partial charge in [-0.1, -0.05) is 6.07 Å².